The number of nitrogens with two attached hydrogens (primary N) is 1. The van der Waals surface area contributed by atoms with E-state index in [0.29, 0.717) is 30.3 Å². The fraction of sp³-hybridized carbons (Fsp3) is 0.300. The molecule has 8 nitrogen and oxygen atoms in total. The summed E-state index contributed by atoms with van der Waals surface area (Å²) in [5.41, 5.74) is 7.93. The van der Waals surface area contributed by atoms with Crippen LogP contribution in [0.5, 0.6) is 11.5 Å². The van der Waals surface area contributed by atoms with E-state index in [2.05, 4.69) is 10.6 Å². The first-order chi connectivity index (χ1) is 13.6. The zero-order chi connectivity index (χ0) is 19.5. The van der Waals surface area contributed by atoms with E-state index < -0.39 is 6.03 Å². The van der Waals surface area contributed by atoms with Gasteiger partial charge in [-0.05, 0) is 17.7 Å². The highest BCUT2D eigenvalue weighted by Crippen LogP contribution is 2.34. The van der Waals surface area contributed by atoms with E-state index in [0.717, 1.165) is 0 Å². The summed E-state index contributed by atoms with van der Waals surface area (Å²) in [7, 11) is 0. The van der Waals surface area contributed by atoms with Crippen LogP contribution in [0.3, 0.4) is 0 Å². The number of hydrogen-bond donors (Lipinski definition) is 3. The number of urea groups is 1. The Morgan fingerprint density at radius 3 is 2.62 bits per heavy atom. The molecule has 1 saturated heterocycles. The second-order valence-corrected chi connectivity index (χ2v) is 6.95. The van der Waals surface area contributed by atoms with Gasteiger partial charge in [-0.1, -0.05) is 30.3 Å². The summed E-state index contributed by atoms with van der Waals surface area (Å²) < 4.78 is 10.5. The molecule has 3 amide bonds. The number of carbonyl (C=O) groups excluding carboxylic acids is 2. The van der Waals surface area contributed by atoms with E-state index in [1.54, 1.807) is 18.2 Å². The summed E-state index contributed by atoms with van der Waals surface area (Å²) in [6.45, 7) is 1.57. The van der Waals surface area contributed by atoms with Crippen molar-refractivity contribution >= 4 is 30.0 Å². The van der Waals surface area contributed by atoms with Gasteiger partial charge < -0.3 is 20.5 Å². The minimum Gasteiger partial charge on any atom is -0.454 e. The molecule has 4 N–H and O–H groups in total. The largest absolute Gasteiger partial charge is 0.454 e. The van der Waals surface area contributed by atoms with Gasteiger partial charge in [-0.3, -0.25) is 15.0 Å². The van der Waals surface area contributed by atoms with Crippen LogP contribution >= 0.6 is 12.4 Å². The highest BCUT2D eigenvalue weighted by Gasteiger charge is 2.32. The van der Waals surface area contributed by atoms with Gasteiger partial charge in [0.05, 0.1) is 6.54 Å². The number of carbonyl (C=O) groups is 2. The predicted molar refractivity (Wildman–Crippen MR) is 111 cm³/mol. The standard InChI is InChI=1S/C20H22N4O4.ClH/c21-16-10-24(9-15(16)13-4-2-1-3-5-13)11-19(25)23-20(26)22-14-6-7-17-18(8-14)28-12-27-17;/h1-8,15-16H,9-12,21H2,(H2,22,23,25,26);1H/t15-,16+;/m0./s1. The maximum atomic E-state index is 12.2. The maximum Gasteiger partial charge on any atom is 0.325 e. The number of benzene rings is 2. The number of anilines is 1. The minimum absolute atomic E-state index is 0. The van der Waals surface area contributed by atoms with E-state index in [-0.39, 0.29) is 43.6 Å². The van der Waals surface area contributed by atoms with Crippen molar-refractivity contribution in [3.05, 3.63) is 54.1 Å². The van der Waals surface area contributed by atoms with Crippen LogP contribution in [0.1, 0.15) is 11.5 Å². The van der Waals surface area contributed by atoms with Crippen LogP contribution in [-0.2, 0) is 4.79 Å². The number of likely N-dealkylation sites (tertiary alicyclic amines) is 1. The first-order valence-corrected chi connectivity index (χ1v) is 9.12. The Balaban J connectivity index is 0.00000240. The first-order valence-electron chi connectivity index (χ1n) is 9.12. The molecule has 2 atom stereocenters. The van der Waals surface area contributed by atoms with Crippen molar-refractivity contribution in [2.75, 3.05) is 31.7 Å². The van der Waals surface area contributed by atoms with Crippen molar-refractivity contribution in [3.8, 4) is 11.5 Å². The lowest BCUT2D eigenvalue weighted by Gasteiger charge is -2.15. The van der Waals surface area contributed by atoms with E-state index in [4.69, 9.17) is 15.2 Å². The summed E-state index contributed by atoms with van der Waals surface area (Å²) in [4.78, 5) is 26.3. The molecule has 29 heavy (non-hydrogen) atoms. The third-order valence-corrected chi connectivity index (χ3v) is 4.92. The normalized spacial score (nSPS) is 20.0. The lowest BCUT2D eigenvalue weighted by atomic mass is 9.95. The van der Waals surface area contributed by atoms with Crippen molar-refractivity contribution in [2.45, 2.75) is 12.0 Å². The molecule has 1 fully saturated rings. The molecule has 2 aliphatic rings. The van der Waals surface area contributed by atoms with Crippen molar-refractivity contribution in [1.29, 1.82) is 0 Å². The fourth-order valence-electron chi connectivity index (χ4n) is 3.60. The minimum atomic E-state index is -0.591. The summed E-state index contributed by atoms with van der Waals surface area (Å²) in [6.07, 6.45) is 0. The van der Waals surface area contributed by atoms with Gasteiger partial charge in [0, 0.05) is 36.8 Å². The monoisotopic (exact) mass is 418 g/mol. The predicted octanol–water partition coefficient (Wildman–Crippen LogP) is 1.91. The molecule has 2 heterocycles. The molecule has 0 saturated carbocycles. The second-order valence-electron chi connectivity index (χ2n) is 6.95. The topological polar surface area (TPSA) is 106 Å². The molecular formula is C20H23ClN4O4. The average Bonchev–Trinajstić information content (AvgIpc) is 3.28. The smallest absolute Gasteiger partial charge is 0.325 e. The molecule has 0 bridgehead atoms. The van der Waals surface area contributed by atoms with Crippen LogP contribution in [0, 0.1) is 0 Å². The number of ether oxygens (including phenoxy) is 2. The molecule has 9 heteroatoms. The van der Waals surface area contributed by atoms with Gasteiger partial charge in [0.15, 0.2) is 11.5 Å². The third-order valence-electron chi connectivity index (χ3n) is 4.92. The Kier molecular flexibility index (Phi) is 6.58. The Labute approximate surface area is 174 Å². The number of hydrogen-bond acceptors (Lipinski definition) is 6. The van der Waals surface area contributed by atoms with E-state index in [1.807, 2.05) is 35.2 Å². The third kappa shape index (κ3) is 4.97. The number of nitrogens with zero attached hydrogens (tertiary/aromatic N) is 1. The molecular weight excluding hydrogens is 396 g/mol. The first kappa shape index (κ1) is 20.9. The number of rotatable bonds is 4. The van der Waals surface area contributed by atoms with Crippen LogP contribution in [-0.4, -0.2) is 49.3 Å². The van der Waals surface area contributed by atoms with Gasteiger partial charge in [0.25, 0.3) is 0 Å². The second kappa shape index (κ2) is 9.13. The molecule has 154 valence electrons. The lowest BCUT2D eigenvalue weighted by molar-refractivity contribution is -0.120. The van der Waals surface area contributed by atoms with Crippen LogP contribution in [0.2, 0.25) is 0 Å². The van der Waals surface area contributed by atoms with Crippen LogP contribution in [0.4, 0.5) is 10.5 Å². The molecule has 4 rings (SSSR count). The van der Waals surface area contributed by atoms with Crippen LogP contribution in [0.25, 0.3) is 0 Å². The molecule has 2 aromatic rings. The summed E-state index contributed by atoms with van der Waals surface area (Å²) in [5.74, 6) is 0.984. The fourth-order valence-corrected chi connectivity index (χ4v) is 3.60. The van der Waals surface area contributed by atoms with Crippen molar-refractivity contribution < 1.29 is 19.1 Å². The molecule has 2 aliphatic heterocycles. The van der Waals surface area contributed by atoms with E-state index in [9.17, 15) is 9.59 Å². The Morgan fingerprint density at radius 2 is 1.83 bits per heavy atom. The number of imide groups is 1. The van der Waals surface area contributed by atoms with Gasteiger partial charge in [-0.2, -0.15) is 0 Å². The molecule has 0 aliphatic carbocycles. The number of halogens is 1. The van der Waals surface area contributed by atoms with Crippen molar-refractivity contribution in [2.24, 2.45) is 5.73 Å². The Hall–Kier alpha value is -2.81. The van der Waals surface area contributed by atoms with Gasteiger partial charge in [0.2, 0.25) is 12.7 Å². The number of amides is 3. The van der Waals surface area contributed by atoms with E-state index in [1.165, 1.54) is 5.56 Å². The lowest BCUT2D eigenvalue weighted by Crippen LogP contribution is -2.41. The summed E-state index contributed by atoms with van der Waals surface area (Å²) in [5, 5.41) is 4.97. The molecule has 0 radical (unpaired) electrons. The van der Waals surface area contributed by atoms with Crippen molar-refractivity contribution in [3.63, 3.8) is 0 Å². The van der Waals surface area contributed by atoms with Crippen LogP contribution < -0.4 is 25.8 Å². The molecule has 0 unspecified atom stereocenters. The van der Waals surface area contributed by atoms with E-state index >= 15 is 0 Å². The molecule has 2 aromatic carbocycles. The molecule has 0 spiro atoms. The van der Waals surface area contributed by atoms with Crippen LogP contribution in [0.15, 0.2) is 48.5 Å². The van der Waals surface area contributed by atoms with Gasteiger partial charge >= 0.3 is 6.03 Å². The molecule has 0 aromatic heterocycles. The zero-order valence-corrected chi connectivity index (χ0v) is 16.5. The highest BCUT2D eigenvalue weighted by molar-refractivity contribution is 6.01. The van der Waals surface area contributed by atoms with Gasteiger partial charge in [-0.25, -0.2) is 4.79 Å². The summed E-state index contributed by atoms with van der Waals surface area (Å²) >= 11 is 0. The average molecular weight is 419 g/mol. The van der Waals surface area contributed by atoms with Gasteiger partial charge in [-0.15, -0.1) is 12.4 Å². The SMILES string of the molecule is Cl.N[C@@H]1CN(CC(=O)NC(=O)Nc2ccc3c(c2)OCO3)C[C@H]1c1ccccc1. The summed E-state index contributed by atoms with van der Waals surface area (Å²) in [6, 6.07) is 14.4. The number of nitrogens with one attached hydrogen (secondary N) is 2. The quantitative estimate of drug-likeness (QED) is 0.700. The highest BCUT2D eigenvalue weighted by atomic mass is 35.5. The maximum absolute atomic E-state index is 12.2. The Bertz CT molecular complexity index is 880. The van der Waals surface area contributed by atoms with Crippen molar-refractivity contribution in [1.82, 2.24) is 10.2 Å². The van der Waals surface area contributed by atoms with Gasteiger partial charge in [0.1, 0.15) is 0 Å². The zero-order valence-electron chi connectivity index (χ0n) is 15.7. The number of fused-ring (bicyclic) bond motifs is 1. The Morgan fingerprint density at radius 1 is 1.07 bits per heavy atom.